The summed E-state index contributed by atoms with van der Waals surface area (Å²) in [5, 5.41) is 0. The van der Waals surface area contributed by atoms with Crippen LogP contribution in [0.5, 0.6) is 0 Å². The topological polar surface area (TPSA) is 66.4 Å². The first kappa shape index (κ1) is 17.0. The van der Waals surface area contributed by atoms with Crippen molar-refractivity contribution < 1.29 is 14.0 Å². The highest BCUT2D eigenvalue weighted by molar-refractivity contribution is 5.94. The summed E-state index contributed by atoms with van der Waals surface area (Å²) in [5.41, 5.74) is 2.09. The summed E-state index contributed by atoms with van der Waals surface area (Å²) < 4.78 is 13.3. The van der Waals surface area contributed by atoms with Crippen LogP contribution >= 0.6 is 0 Å². The van der Waals surface area contributed by atoms with Crippen LogP contribution in [0.4, 0.5) is 4.39 Å². The number of aromatic nitrogens is 2. The van der Waals surface area contributed by atoms with Gasteiger partial charge in [-0.2, -0.15) is 0 Å². The van der Waals surface area contributed by atoms with Crippen molar-refractivity contribution >= 4 is 11.8 Å². The molecule has 2 heterocycles. The standard InChI is InChI=1S/C18H19FN4O2/c1-12-7-21-16(8-20-12)10-23-13(2)18(25)22(11-17(23)24)9-14-4-3-5-15(19)6-14/h3-8,13H,9-11H2,1-2H3/t13-/m0/s1. The summed E-state index contributed by atoms with van der Waals surface area (Å²) >= 11 is 0. The Morgan fingerprint density at radius 2 is 2.00 bits per heavy atom. The fraction of sp³-hybridized carbons (Fsp3) is 0.333. The summed E-state index contributed by atoms with van der Waals surface area (Å²) in [7, 11) is 0. The first-order valence-corrected chi connectivity index (χ1v) is 8.04. The SMILES string of the molecule is Cc1cnc(CN2C(=O)CN(Cc3cccc(F)c3)C(=O)[C@@H]2C)cn1. The van der Waals surface area contributed by atoms with E-state index in [9.17, 15) is 14.0 Å². The lowest BCUT2D eigenvalue weighted by atomic mass is 10.1. The fourth-order valence-electron chi connectivity index (χ4n) is 2.84. The Bertz CT molecular complexity index is 794. The van der Waals surface area contributed by atoms with E-state index in [-0.39, 0.29) is 37.3 Å². The molecule has 3 rings (SSSR count). The molecule has 1 atom stereocenters. The first-order chi connectivity index (χ1) is 11.9. The lowest BCUT2D eigenvalue weighted by molar-refractivity contribution is -0.156. The normalized spacial score (nSPS) is 18.0. The number of carbonyl (C=O) groups excluding carboxylic acids is 2. The van der Waals surface area contributed by atoms with Gasteiger partial charge in [0.2, 0.25) is 11.8 Å². The zero-order valence-electron chi connectivity index (χ0n) is 14.1. The Morgan fingerprint density at radius 3 is 2.68 bits per heavy atom. The van der Waals surface area contributed by atoms with Gasteiger partial charge in [-0.3, -0.25) is 19.6 Å². The van der Waals surface area contributed by atoms with Gasteiger partial charge in [-0.05, 0) is 31.5 Å². The highest BCUT2D eigenvalue weighted by atomic mass is 19.1. The second-order valence-electron chi connectivity index (χ2n) is 6.17. The van der Waals surface area contributed by atoms with E-state index in [2.05, 4.69) is 9.97 Å². The zero-order valence-corrected chi connectivity index (χ0v) is 14.1. The van der Waals surface area contributed by atoms with E-state index in [1.807, 2.05) is 6.92 Å². The van der Waals surface area contributed by atoms with E-state index >= 15 is 0 Å². The molecule has 6 nitrogen and oxygen atoms in total. The molecule has 0 bridgehead atoms. The average Bonchev–Trinajstić information content (AvgIpc) is 2.58. The number of benzene rings is 1. The van der Waals surface area contributed by atoms with Gasteiger partial charge in [0, 0.05) is 12.7 Å². The van der Waals surface area contributed by atoms with Crippen LogP contribution in [-0.2, 0) is 22.7 Å². The van der Waals surface area contributed by atoms with Crippen LogP contribution in [0.3, 0.4) is 0 Å². The quantitative estimate of drug-likeness (QED) is 0.848. The first-order valence-electron chi connectivity index (χ1n) is 8.04. The average molecular weight is 342 g/mol. The monoisotopic (exact) mass is 342 g/mol. The molecule has 25 heavy (non-hydrogen) atoms. The van der Waals surface area contributed by atoms with Gasteiger partial charge in [0.25, 0.3) is 0 Å². The Morgan fingerprint density at radius 1 is 1.20 bits per heavy atom. The fourth-order valence-corrected chi connectivity index (χ4v) is 2.84. The lowest BCUT2D eigenvalue weighted by Gasteiger charge is -2.38. The maximum atomic E-state index is 13.3. The molecule has 0 aliphatic carbocycles. The number of hydrogen-bond acceptors (Lipinski definition) is 4. The van der Waals surface area contributed by atoms with E-state index in [1.54, 1.807) is 31.5 Å². The molecular formula is C18H19FN4O2. The van der Waals surface area contributed by atoms with Gasteiger partial charge in [0.15, 0.2) is 0 Å². The predicted molar refractivity (Wildman–Crippen MR) is 88.6 cm³/mol. The molecule has 0 unspecified atom stereocenters. The number of aryl methyl sites for hydroxylation is 1. The van der Waals surface area contributed by atoms with E-state index in [0.717, 1.165) is 5.69 Å². The number of halogens is 1. The number of amides is 2. The van der Waals surface area contributed by atoms with Gasteiger partial charge in [-0.1, -0.05) is 12.1 Å². The molecule has 7 heteroatoms. The predicted octanol–water partition coefficient (Wildman–Crippen LogP) is 1.68. The van der Waals surface area contributed by atoms with Gasteiger partial charge in [0.1, 0.15) is 18.4 Å². The number of nitrogens with zero attached hydrogens (tertiary/aromatic N) is 4. The molecule has 1 aliphatic rings. The van der Waals surface area contributed by atoms with Crippen molar-refractivity contribution in [3.63, 3.8) is 0 Å². The van der Waals surface area contributed by atoms with Crippen molar-refractivity contribution in [2.75, 3.05) is 6.54 Å². The summed E-state index contributed by atoms with van der Waals surface area (Å²) in [6.07, 6.45) is 3.24. The zero-order chi connectivity index (χ0) is 18.0. The third-order valence-corrected chi connectivity index (χ3v) is 4.21. The summed E-state index contributed by atoms with van der Waals surface area (Å²) in [6, 6.07) is 5.45. The van der Waals surface area contributed by atoms with Crippen LogP contribution in [0, 0.1) is 12.7 Å². The highest BCUT2D eigenvalue weighted by Crippen LogP contribution is 2.18. The molecule has 0 saturated carbocycles. The molecule has 1 aliphatic heterocycles. The maximum absolute atomic E-state index is 13.3. The molecule has 2 aromatic rings. The minimum atomic E-state index is -0.599. The van der Waals surface area contributed by atoms with Gasteiger partial charge in [0.05, 0.1) is 24.1 Å². The molecular weight excluding hydrogens is 323 g/mol. The van der Waals surface area contributed by atoms with Crippen LogP contribution in [0.2, 0.25) is 0 Å². The minimum absolute atomic E-state index is 0.0288. The largest absolute Gasteiger partial charge is 0.327 e. The van der Waals surface area contributed by atoms with Crippen molar-refractivity contribution in [2.45, 2.75) is 33.0 Å². The maximum Gasteiger partial charge on any atom is 0.245 e. The Labute approximate surface area is 145 Å². The molecule has 2 amide bonds. The summed E-state index contributed by atoms with van der Waals surface area (Å²) in [6.45, 7) is 3.95. The number of piperazine rings is 1. The van der Waals surface area contributed by atoms with E-state index in [0.29, 0.717) is 11.3 Å². The number of carbonyl (C=O) groups is 2. The van der Waals surface area contributed by atoms with Crippen LogP contribution in [0.15, 0.2) is 36.7 Å². The second kappa shape index (κ2) is 6.96. The molecule has 1 fully saturated rings. The molecule has 1 saturated heterocycles. The van der Waals surface area contributed by atoms with Crippen LogP contribution in [0.25, 0.3) is 0 Å². The van der Waals surface area contributed by atoms with Crippen molar-refractivity contribution in [1.29, 1.82) is 0 Å². The van der Waals surface area contributed by atoms with Gasteiger partial charge in [-0.25, -0.2) is 4.39 Å². The lowest BCUT2D eigenvalue weighted by Crippen LogP contribution is -2.58. The molecule has 0 N–H and O–H groups in total. The molecule has 130 valence electrons. The van der Waals surface area contributed by atoms with Gasteiger partial charge >= 0.3 is 0 Å². The summed E-state index contributed by atoms with van der Waals surface area (Å²) in [4.78, 5) is 36.5. The molecule has 1 aromatic carbocycles. The van der Waals surface area contributed by atoms with Crippen molar-refractivity contribution in [1.82, 2.24) is 19.8 Å². The van der Waals surface area contributed by atoms with Crippen LogP contribution < -0.4 is 0 Å². The highest BCUT2D eigenvalue weighted by Gasteiger charge is 2.36. The van der Waals surface area contributed by atoms with Crippen molar-refractivity contribution in [3.8, 4) is 0 Å². The van der Waals surface area contributed by atoms with Crippen molar-refractivity contribution in [3.05, 3.63) is 59.4 Å². The second-order valence-corrected chi connectivity index (χ2v) is 6.17. The smallest absolute Gasteiger partial charge is 0.245 e. The van der Waals surface area contributed by atoms with Crippen LogP contribution in [-0.4, -0.2) is 44.2 Å². The third-order valence-electron chi connectivity index (χ3n) is 4.21. The molecule has 0 radical (unpaired) electrons. The Balaban J connectivity index is 1.71. The molecule has 0 spiro atoms. The van der Waals surface area contributed by atoms with E-state index in [4.69, 9.17) is 0 Å². The Kier molecular flexibility index (Phi) is 4.74. The van der Waals surface area contributed by atoms with E-state index < -0.39 is 6.04 Å². The van der Waals surface area contributed by atoms with Crippen LogP contribution in [0.1, 0.15) is 23.9 Å². The number of hydrogen-bond donors (Lipinski definition) is 0. The molecule has 1 aromatic heterocycles. The van der Waals surface area contributed by atoms with Crippen molar-refractivity contribution in [2.24, 2.45) is 0 Å². The van der Waals surface area contributed by atoms with Gasteiger partial charge in [-0.15, -0.1) is 0 Å². The third kappa shape index (κ3) is 3.81. The van der Waals surface area contributed by atoms with Gasteiger partial charge < -0.3 is 9.80 Å². The Hall–Kier alpha value is -2.83. The summed E-state index contributed by atoms with van der Waals surface area (Å²) in [5.74, 6) is -0.685. The van der Waals surface area contributed by atoms with E-state index in [1.165, 1.54) is 21.9 Å². The minimum Gasteiger partial charge on any atom is -0.327 e. The number of rotatable bonds is 4.